The minimum absolute atomic E-state index is 0.429. The number of rotatable bonds is 2. The molecular weight excluding hydrogens is 198 g/mol. The summed E-state index contributed by atoms with van der Waals surface area (Å²) in [6.45, 7) is 10.2. The summed E-state index contributed by atoms with van der Waals surface area (Å²) in [5, 5.41) is 0. The van der Waals surface area contributed by atoms with Gasteiger partial charge >= 0.3 is 0 Å². The topological polar surface area (TPSA) is 12.5 Å². The van der Waals surface area contributed by atoms with Gasteiger partial charge in [-0.3, -0.25) is 4.90 Å². The molecule has 2 heteroatoms. The highest BCUT2D eigenvalue weighted by Gasteiger charge is 2.29. The van der Waals surface area contributed by atoms with E-state index in [9.17, 15) is 0 Å². The first kappa shape index (κ1) is 12.4. The van der Waals surface area contributed by atoms with Gasteiger partial charge in [0.25, 0.3) is 0 Å². The molecule has 1 aliphatic heterocycles. The highest BCUT2D eigenvalue weighted by atomic mass is 16.5. The molecule has 0 amide bonds. The minimum Gasteiger partial charge on any atom is -0.376 e. The summed E-state index contributed by atoms with van der Waals surface area (Å²) < 4.78 is 5.62. The van der Waals surface area contributed by atoms with Crippen molar-refractivity contribution in [3.05, 3.63) is 0 Å². The van der Waals surface area contributed by atoms with Crippen LogP contribution in [0, 0.1) is 11.8 Å². The molecule has 16 heavy (non-hydrogen) atoms. The summed E-state index contributed by atoms with van der Waals surface area (Å²) in [6, 6.07) is 0.763. The van der Waals surface area contributed by atoms with Gasteiger partial charge in [0.2, 0.25) is 0 Å². The predicted molar refractivity (Wildman–Crippen MR) is 67.6 cm³/mol. The Labute approximate surface area is 100 Å². The normalized spacial score (nSPS) is 39.6. The van der Waals surface area contributed by atoms with Crippen molar-refractivity contribution < 1.29 is 4.74 Å². The number of morpholine rings is 1. The van der Waals surface area contributed by atoms with Crippen LogP contribution >= 0.6 is 0 Å². The Morgan fingerprint density at radius 2 is 1.81 bits per heavy atom. The quantitative estimate of drug-likeness (QED) is 0.716. The van der Waals surface area contributed by atoms with E-state index in [1.807, 2.05) is 0 Å². The number of nitrogens with zero attached hydrogens (tertiary/aromatic N) is 1. The van der Waals surface area contributed by atoms with Gasteiger partial charge in [0.05, 0.1) is 12.7 Å². The van der Waals surface area contributed by atoms with Crippen LogP contribution in [0.25, 0.3) is 0 Å². The average molecular weight is 225 g/mol. The lowest BCUT2D eigenvalue weighted by Gasteiger charge is -2.41. The zero-order valence-electron chi connectivity index (χ0n) is 11.1. The third-order valence-corrected chi connectivity index (χ3v) is 4.59. The van der Waals surface area contributed by atoms with Crippen LogP contribution in [0.5, 0.6) is 0 Å². The van der Waals surface area contributed by atoms with E-state index in [-0.39, 0.29) is 0 Å². The van der Waals surface area contributed by atoms with E-state index >= 15 is 0 Å². The lowest BCUT2D eigenvalue weighted by atomic mass is 9.79. The van der Waals surface area contributed by atoms with E-state index in [4.69, 9.17) is 4.74 Å². The van der Waals surface area contributed by atoms with Crippen LogP contribution in [0.3, 0.4) is 0 Å². The Morgan fingerprint density at radius 3 is 2.44 bits per heavy atom. The highest BCUT2D eigenvalue weighted by Crippen LogP contribution is 2.32. The van der Waals surface area contributed by atoms with Gasteiger partial charge in [-0.25, -0.2) is 0 Å². The molecule has 1 saturated carbocycles. The molecule has 1 saturated heterocycles. The molecule has 0 spiro atoms. The molecular formula is C14H27NO. The molecule has 2 unspecified atom stereocenters. The molecule has 1 heterocycles. The van der Waals surface area contributed by atoms with Crippen LogP contribution in [-0.2, 0) is 4.74 Å². The first-order valence-corrected chi connectivity index (χ1v) is 7.02. The zero-order chi connectivity index (χ0) is 11.5. The summed E-state index contributed by atoms with van der Waals surface area (Å²) in [6.07, 6.45) is 6.19. The van der Waals surface area contributed by atoms with Crippen molar-refractivity contribution in [2.75, 3.05) is 19.7 Å². The maximum absolute atomic E-state index is 5.62. The van der Waals surface area contributed by atoms with Crippen molar-refractivity contribution in [3.63, 3.8) is 0 Å². The van der Waals surface area contributed by atoms with E-state index in [0.717, 1.165) is 37.6 Å². The van der Waals surface area contributed by atoms with Crippen molar-refractivity contribution in [3.8, 4) is 0 Å². The fourth-order valence-electron chi connectivity index (χ4n) is 3.28. The summed E-state index contributed by atoms with van der Waals surface area (Å²) in [4.78, 5) is 2.65. The van der Waals surface area contributed by atoms with E-state index in [0.29, 0.717) is 6.10 Å². The molecule has 0 bridgehead atoms. The molecule has 94 valence electrons. The van der Waals surface area contributed by atoms with Crippen molar-refractivity contribution in [1.82, 2.24) is 4.90 Å². The molecule has 2 fully saturated rings. The zero-order valence-corrected chi connectivity index (χ0v) is 11.1. The average Bonchev–Trinajstić information content (AvgIpc) is 2.29. The molecule has 0 radical (unpaired) electrons. The van der Waals surface area contributed by atoms with Gasteiger partial charge in [0.1, 0.15) is 0 Å². The molecule has 1 aliphatic carbocycles. The fourth-order valence-corrected chi connectivity index (χ4v) is 3.28. The monoisotopic (exact) mass is 225 g/mol. The molecule has 2 nitrogen and oxygen atoms in total. The predicted octanol–water partition coefficient (Wildman–Crippen LogP) is 2.92. The van der Waals surface area contributed by atoms with Gasteiger partial charge in [-0.2, -0.15) is 0 Å². The maximum Gasteiger partial charge on any atom is 0.0674 e. The maximum atomic E-state index is 5.62. The molecule has 0 N–H and O–H groups in total. The van der Waals surface area contributed by atoms with Gasteiger partial charge in [0.15, 0.2) is 0 Å². The molecule has 0 aromatic heterocycles. The van der Waals surface area contributed by atoms with Crippen LogP contribution in [0.15, 0.2) is 0 Å². The summed E-state index contributed by atoms with van der Waals surface area (Å²) >= 11 is 0. The van der Waals surface area contributed by atoms with E-state index in [1.54, 1.807) is 0 Å². The standard InChI is InChI=1S/C14H27NO/c1-11-4-6-14(7-5-11)13(3)15-8-9-16-12(2)10-15/h11-14H,4-10H2,1-3H3. The highest BCUT2D eigenvalue weighted by molar-refractivity contribution is 4.82. The second-order valence-corrected chi connectivity index (χ2v) is 5.94. The number of hydrogen-bond donors (Lipinski definition) is 0. The first-order chi connectivity index (χ1) is 7.66. The third-order valence-electron chi connectivity index (χ3n) is 4.59. The molecule has 2 aliphatic rings. The molecule has 0 aromatic rings. The van der Waals surface area contributed by atoms with Crippen LogP contribution in [0.2, 0.25) is 0 Å². The number of ether oxygens (including phenoxy) is 1. The van der Waals surface area contributed by atoms with E-state index in [2.05, 4.69) is 25.7 Å². The fraction of sp³-hybridized carbons (Fsp3) is 1.00. The number of hydrogen-bond acceptors (Lipinski definition) is 2. The van der Waals surface area contributed by atoms with Gasteiger partial charge < -0.3 is 4.74 Å². The van der Waals surface area contributed by atoms with Gasteiger partial charge in [0, 0.05) is 19.1 Å². The van der Waals surface area contributed by atoms with Crippen molar-refractivity contribution in [2.45, 2.75) is 58.6 Å². The smallest absolute Gasteiger partial charge is 0.0674 e. The molecule has 2 atom stereocenters. The van der Waals surface area contributed by atoms with Crippen LogP contribution in [0.1, 0.15) is 46.5 Å². The second-order valence-electron chi connectivity index (χ2n) is 5.94. The summed E-state index contributed by atoms with van der Waals surface area (Å²) in [5.74, 6) is 1.90. The van der Waals surface area contributed by atoms with E-state index < -0.39 is 0 Å². The molecule has 2 rings (SSSR count). The van der Waals surface area contributed by atoms with Crippen molar-refractivity contribution >= 4 is 0 Å². The van der Waals surface area contributed by atoms with Crippen molar-refractivity contribution in [1.29, 1.82) is 0 Å². The third kappa shape index (κ3) is 2.98. The summed E-state index contributed by atoms with van der Waals surface area (Å²) in [7, 11) is 0. The first-order valence-electron chi connectivity index (χ1n) is 7.02. The van der Waals surface area contributed by atoms with Crippen molar-refractivity contribution in [2.24, 2.45) is 11.8 Å². The second kappa shape index (κ2) is 5.50. The largest absolute Gasteiger partial charge is 0.376 e. The van der Waals surface area contributed by atoms with Gasteiger partial charge in [-0.1, -0.05) is 19.8 Å². The van der Waals surface area contributed by atoms with E-state index in [1.165, 1.54) is 25.7 Å². The Morgan fingerprint density at radius 1 is 1.12 bits per heavy atom. The Kier molecular flexibility index (Phi) is 4.26. The van der Waals surface area contributed by atoms with Gasteiger partial charge in [-0.05, 0) is 38.5 Å². The minimum atomic E-state index is 0.429. The Bertz CT molecular complexity index is 211. The van der Waals surface area contributed by atoms with Crippen LogP contribution < -0.4 is 0 Å². The summed E-state index contributed by atoms with van der Waals surface area (Å²) in [5.41, 5.74) is 0. The van der Waals surface area contributed by atoms with Gasteiger partial charge in [-0.15, -0.1) is 0 Å². The lowest BCUT2D eigenvalue weighted by molar-refractivity contribution is -0.0437. The Hall–Kier alpha value is -0.0800. The lowest BCUT2D eigenvalue weighted by Crippen LogP contribution is -2.48. The Balaban J connectivity index is 1.84. The molecule has 0 aromatic carbocycles. The van der Waals surface area contributed by atoms with Crippen LogP contribution in [-0.4, -0.2) is 36.7 Å². The van der Waals surface area contributed by atoms with Crippen LogP contribution in [0.4, 0.5) is 0 Å². The SMILES string of the molecule is CC1CCC(C(C)N2CCOC(C)C2)CC1.